The molecule has 4 heteroatoms. The third-order valence-electron chi connectivity index (χ3n) is 2.43. The first-order chi connectivity index (χ1) is 8.74. The van der Waals surface area contributed by atoms with Crippen LogP contribution < -0.4 is 18.4 Å². The van der Waals surface area contributed by atoms with Crippen LogP contribution in [0.25, 0.3) is 0 Å². The zero-order valence-electron chi connectivity index (χ0n) is 10.2. The van der Waals surface area contributed by atoms with Gasteiger partial charge in [-0.3, -0.25) is 0 Å². The van der Waals surface area contributed by atoms with Crippen molar-refractivity contribution in [2.75, 3.05) is 14.2 Å². The fraction of sp³-hybridized carbons (Fsp3) is 0.143. The Morgan fingerprint density at radius 3 is 2.33 bits per heavy atom. The summed E-state index contributed by atoms with van der Waals surface area (Å²) in [5.41, 5.74) is 0. The second-order valence-electron chi connectivity index (χ2n) is 3.59. The Morgan fingerprint density at radius 2 is 1.72 bits per heavy atom. The van der Waals surface area contributed by atoms with Crippen molar-refractivity contribution in [3.8, 4) is 17.2 Å². The molecule has 0 radical (unpaired) electrons. The van der Waals surface area contributed by atoms with E-state index in [0.717, 1.165) is 4.46 Å². The minimum absolute atomic E-state index is 0.00293. The molecule has 0 amide bonds. The molecule has 2 aromatic rings. The predicted octanol–water partition coefficient (Wildman–Crippen LogP) is 1.06. The number of aromatic hydroxyl groups is 1. The Bertz CT molecular complexity index is 526. The molecule has 0 bridgehead atoms. The summed E-state index contributed by atoms with van der Waals surface area (Å²) in [4.78, 5) is 0. The predicted molar refractivity (Wildman–Crippen MR) is 72.7 cm³/mol. The first kappa shape index (κ1) is 12.8. The van der Waals surface area contributed by atoms with Gasteiger partial charge in [-0.15, -0.1) is 0 Å². The van der Waals surface area contributed by atoms with Gasteiger partial charge in [0.25, 0.3) is 0 Å². The van der Waals surface area contributed by atoms with Crippen molar-refractivity contribution in [1.82, 2.24) is 0 Å². The van der Waals surface area contributed by atoms with Gasteiger partial charge < -0.3 is 0 Å². The number of hydrogen-bond acceptors (Lipinski definition) is 3. The van der Waals surface area contributed by atoms with E-state index in [1.807, 2.05) is 30.3 Å². The van der Waals surface area contributed by atoms with Crippen molar-refractivity contribution in [3.63, 3.8) is 0 Å². The maximum absolute atomic E-state index is 10.1. The first-order valence-electron chi connectivity index (χ1n) is 5.42. The van der Waals surface area contributed by atoms with E-state index in [1.165, 1.54) is 4.46 Å². The summed E-state index contributed by atoms with van der Waals surface area (Å²) in [5, 5.41) is 10.1. The standard InChI is InChI=1S/C14H14O3Se/c1-16-10-8-12(15)14(13(9-10)17-2)18-11-6-4-3-5-7-11/h3-9,15H,1-2H3. The zero-order valence-corrected chi connectivity index (χ0v) is 11.9. The van der Waals surface area contributed by atoms with Gasteiger partial charge in [-0.1, -0.05) is 0 Å². The molecule has 2 rings (SSSR count). The van der Waals surface area contributed by atoms with Gasteiger partial charge in [-0.25, -0.2) is 0 Å². The van der Waals surface area contributed by atoms with Crippen molar-refractivity contribution in [3.05, 3.63) is 42.5 Å². The van der Waals surface area contributed by atoms with Gasteiger partial charge >= 0.3 is 112 Å². The van der Waals surface area contributed by atoms with Gasteiger partial charge in [0.05, 0.1) is 0 Å². The fourth-order valence-electron chi connectivity index (χ4n) is 1.54. The third kappa shape index (κ3) is 2.78. The first-order valence-corrected chi connectivity index (χ1v) is 7.14. The Labute approximate surface area is 113 Å². The van der Waals surface area contributed by atoms with Crippen LogP contribution >= 0.6 is 0 Å². The van der Waals surface area contributed by atoms with E-state index in [2.05, 4.69) is 0 Å². The van der Waals surface area contributed by atoms with Crippen molar-refractivity contribution in [2.24, 2.45) is 0 Å². The topological polar surface area (TPSA) is 38.7 Å². The summed E-state index contributed by atoms with van der Waals surface area (Å²) in [6, 6.07) is 13.5. The van der Waals surface area contributed by atoms with E-state index in [4.69, 9.17) is 9.47 Å². The normalized spacial score (nSPS) is 10.1. The van der Waals surface area contributed by atoms with Crippen LogP contribution in [0.2, 0.25) is 0 Å². The van der Waals surface area contributed by atoms with Crippen LogP contribution in [0.5, 0.6) is 17.2 Å². The van der Waals surface area contributed by atoms with E-state index < -0.39 is 0 Å². The average molecular weight is 309 g/mol. The van der Waals surface area contributed by atoms with Crippen LogP contribution in [0.3, 0.4) is 0 Å². The Kier molecular flexibility index (Phi) is 4.13. The molecule has 0 aliphatic rings. The van der Waals surface area contributed by atoms with E-state index in [9.17, 15) is 5.11 Å². The molecule has 0 heterocycles. The maximum atomic E-state index is 10.1. The molecule has 0 aliphatic heterocycles. The molecule has 0 fully saturated rings. The van der Waals surface area contributed by atoms with Crippen LogP contribution in [-0.4, -0.2) is 34.3 Å². The molecule has 3 nitrogen and oxygen atoms in total. The average Bonchev–Trinajstić information content (AvgIpc) is 2.42. The number of ether oxygens (including phenoxy) is 2. The fourth-order valence-corrected chi connectivity index (χ4v) is 3.50. The Hall–Kier alpha value is -1.64. The number of benzene rings is 2. The van der Waals surface area contributed by atoms with Crippen LogP contribution in [0, 0.1) is 0 Å². The van der Waals surface area contributed by atoms with Crippen molar-refractivity contribution in [2.45, 2.75) is 0 Å². The molecular weight excluding hydrogens is 295 g/mol. The SMILES string of the molecule is COc1cc(O)c([Se]c2ccccc2)c(OC)c1. The number of phenolic OH excluding ortho intramolecular Hbond substituents is 1. The number of rotatable bonds is 4. The molecule has 0 aliphatic carbocycles. The van der Waals surface area contributed by atoms with E-state index >= 15 is 0 Å². The van der Waals surface area contributed by atoms with Crippen molar-refractivity contribution >= 4 is 23.9 Å². The number of phenols is 1. The second kappa shape index (κ2) is 5.80. The molecule has 0 aromatic heterocycles. The summed E-state index contributed by atoms with van der Waals surface area (Å²) < 4.78 is 12.4. The van der Waals surface area contributed by atoms with Gasteiger partial charge in [0.2, 0.25) is 0 Å². The molecule has 1 N–H and O–H groups in total. The molecule has 0 saturated heterocycles. The van der Waals surface area contributed by atoms with Crippen LogP contribution in [0.4, 0.5) is 0 Å². The van der Waals surface area contributed by atoms with Gasteiger partial charge in [0, 0.05) is 0 Å². The van der Waals surface area contributed by atoms with E-state index in [0.29, 0.717) is 11.5 Å². The zero-order chi connectivity index (χ0) is 13.0. The molecule has 0 atom stereocenters. The molecule has 94 valence electrons. The molecular formula is C14H14O3Se. The number of methoxy groups -OCH3 is 2. The third-order valence-corrected chi connectivity index (χ3v) is 4.78. The van der Waals surface area contributed by atoms with Gasteiger partial charge in [-0.05, 0) is 0 Å². The molecule has 2 aromatic carbocycles. The minimum atomic E-state index is 0.00293. The second-order valence-corrected chi connectivity index (χ2v) is 5.87. The monoisotopic (exact) mass is 310 g/mol. The summed E-state index contributed by atoms with van der Waals surface area (Å²) in [5.74, 6) is 1.47. The summed E-state index contributed by atoms with van der Waals surface area (Å²) in [6.07, 6.45) is 0. The van der Waals surface area contributed by atoms with E-state index in [-0.39, 0.29) is 20.7 Å². The quantitative estimate of drug-likeness (QED) is 0.859. The molecule has 0 unspecified atom stereocenters. The van der Waals surface area contributed by atoms with Gasteiger partial charge in [-0.2, -0.15) is 0 Å². The van der Waals surface area contributed by atoms with E-state index in [1.54, 1.807) is 26.4 Å². The Balaban J connectivity index is 2.38. The summed E-state index contributed by atoms with van der Waals surface area (Å²) in [6.45, 7) is 0. The van der Waals surface area contributed by atoms with Gasteiger partial charge in [0.15, 0.2) is 0 Å². The number of hydrogen-bond donors (Lipinski definition) is 1. The summed E-state index contributed by atoms with van der Waals surface area (Å²) in [7, 11) is 3.16. The molecule has 0 spiro atoms. The Morgan fingerprint density at radius 1 is 1.00 bits per heavy atom. The summed E-state index contributed by atoms with van der Waals surface area (Å²) >= 11 is 0.00293. The van der Waals surface area contributed by atoms with Crippen LogP contribution in [0.15, 0.2) is 42.5 Å². The van der Waals surface area contributed by atoms with Crippen molar-refractivity contribution < 1.29 is 14.6 Å². The van der Waals surface area contributed by atoms with Gasteiger partial charge in [0.1, 0.15) is 0 Å². The van der Waals surface area contributed by atoms with Crippen molar-refractivity contribution in [1.29, 1.82) is 0 Å². The van der Waals surface area contributed by atoms with Crippen LogP contribution in [-0.2, 0) is 0 Å². The molecule has 0 saturated carbocycles. The van der Waals surface area contributed by atoms with Crippen LogP contribution in [0.1, 0.15) is 0 Å². The molecule has 18 heavy (non-hydrogen) atoms.